The maximum atomic E-state index is 12.3. The Hall–Kier alpha value is -2.44. The molecule has 0 aliphatic carbocycles. The average molecular weight is 437 g/mol. The van der Waals surface area contributed by atoms with Crippen molar-refractivity contribution in [3.05, 3.63) is 46.4 Å². The smallest absolute Gasteiger partial charge is 0.265 e. The van der Waals surface area contributed by atoms with Crippen molar-refractivity contribution in [1.29, 1.82) is 0 Å². The van der Waals surface area contributed by atoms with E-state index in [0.717, 1.165) is 19.3 Å². The number of hydrogen-bond donors (Lipinski definition) is 1. The summed E-state index contributed by atoms with van der Waals surface area (Å²) in [5.74, 6) is 0.565. The van der Waals surface area contributed by atoms with E-state index in [0.29, 0.717) is 39.5 Å². The van der Waals surface area contributed by atoms with Gasteiger partial charge in [-0.05, 0) is 42.8 Å². The Morgan fingerprint density at radius 1 is 1.21 bits per heavy atom. The lowest BCUT2D eigenvalue weighted by Crippen LogP contribution is -2.39. The van der Waals surface area contributed by atoms with Gasteiger partial charge in [-0.15, -0.1) is 0 Å². The van der Waals surface area contributed by atoms with Gasteiger partial charge in [0, 0.05) is 17.3 Å². The van der Waals surface area contributed by atoms with Crippen molar-refractivity contribution in [2.45, 2.75) is 26.2 Å². The summed E-state index contributed by atoms with van der Waals surface area (Å²) in [6.45, 7) is 2.55. The first-order chi connectivity index (χ1) is 14.0. The molecule has 1 heterocycles. The lowest BCUT2D eigenvalue weighted by atomic mass is 10.1. The predicted molar refractivity (Wildman–Crippen MR) is 114 cm³/mol. The third-order valence-electron chi connectivity index (χ3n) is 4.42. The second-order valence-corrected chi connectivity index (χ2v) is 7.48. The monoisotopic (exact) mass is 436 g/mol. The zero-order valence-electron chi connectivity index (χ0n) is 16.0. The number of carbonyl (C=O) groups is 2. The van der Waals surface area contributed by atoms with E-state index in [2.05, 4.69) is 12.2 Å². The highest BCUT2D eigenvalue weighted by Gasteiger charge is 2.25. The van der Waals surface area contributed by atoms with Gasteiger partial charge in [0.25, 0.3) is 11.8 Å². The fourth-order valence-corrected chi connectivity index (χ4v) is 3.44. The third kappa shape index (κ3) is 5.55. The van der Waals surface area contributed by atoms with Gasteiger partial charge in [-0.25, -0.2) is 0 Å². The summed E-state index contributed by atoms with van der Waals surface area (Å²) in [5, 5.41) is 3.59. The Labute approximate surface area is 179 Å². The van der Waals surface area contributed by atoms with Gasteiger partial charge >= 0.3 is 0 Å². The maximum absolute atomic E-state index is 12.3. The Morgan fingerprint density at radius 2 is 2.03 bits per heavy atom. The highest BCUT2D eigenvalue weighted by atomic mass is 35.5. The highest BCUT2D eigenvalue weighted by molar-refractivity contribution is 6.35. The van der Waals surface area contributed by atoms with Crippen LogP contribution in [0, 0.1) is 0 Å². The summed E-state index contributed by atoms with van der Waals surface area (Å²) in [6, 6.07) is 10.0. The zero-order valence-corrected chi connectivity index (χ0v) is 17.6. The molecule has 0 atom stereocenters. The molecule has 2 amide bonds. The Kier molecular flexibility index (Phi) is 7.23. The third-order valence-corrected chi connectivity index (χ3v) is 4.95. The van der Waals surface area contributed by atoms with E-state index in [4.69, 9.17) is 32.7 Å². The van der Waals surface area contributed by atoms with Crippen LogP contribution in [0.4, 0.5) is 11.4 Å². The second-order valence-electron chi connectivity index (χ2n) is 6.64. The number of carbonyl (C=O) groups excluding carboxylic acids is 2. The van der Waals surface area contributed by atoms with Gasteiger partial charge in [-0.2, -0.15) is 0 Å². The number of halogens is 2. The lowest BCUT2D eigenvalue weighted by molar-refractivity contribution is -0.121. The number of rotatable bonds is 8. The molecule has 0 saturated carbocycles. The topological polar surface area (TPSA) is 67.9 Å². The number of hydrogen-bond acceptors (Lipinski definition) is 4. The summed E-state index contributed by atoms with van der Waals surface area (Å²) in [6.07, 6.45) is 3.02. The summed E-state index contributed by atoms with van der Waals surface area (Å²) in [5.41, 5.74) is 1.22. The molecule has 0 fully saturated rings. The summed E-state index contributed by atoms with van der Waals surface area (Å²) >= 11 is 11.9. The molecule has 1 aliphatic rings. The van der Waals surface area contributed by atoms with Crippen molar-refractivity contribution in [2.24, 2.45) is 0 Å². The molecule has 0 radical (unpaired) electrons. The molecule has 3 rings (SSSR count). The Balaban J connectivity index is 1.65. The average Bonchev–Trinajstić information content (AvgIpc) is 2.69. The summed E-state index contributed by atoms with van der Waals surface area (Å²) < 4.78 is 11.0. The lowest BCUT2D eigenvalue weighted by Gasteiger charge is -2.29. The van der Waals surface area contributed by atoms with Crippen LogP contribution in [0.3, 0.4) is 0 Å². The minimum atomic E-state index is -0.350. The molecule has 6 nitrogen and oxygen atoms in total. The van der Waals surface area contributed by atoms with Crippen molar-refractivity contribution >= 4 is 46.4 Å². The van der Waals surface area contributed by atoms with Gasteiger partial charge in [-0.3, -0.25) is 9.59 Å². The van der Waals surface area contributed by atoms with Crippen molar-refractivity contribution in [2.75, 3.05) is 30.0 Å². The molecule has 1 N–H and O–H groups in total. The zero-order chi connectivity index (χ0) is 20.8. The van der Waals surface area contributed by atoms with Crippen LogP contribution in [-0.4, -0.2) is 31.6 Å². The van der Waals surface area contributed by atoms with E-state index >= 15 is 0 Å². The number of nitrogens with zero attached hydrogens (tertiary/aromatic N) is 1. The van der Waals surface area contributed by atoms with Crippen molar-refractivity contribution in [3.63, 3.8) is 0 Å². The molecule has 0 unspecified atom stereocenters. The fraction of sp³-hybridized carbons (Fsp3) is 0.333. The van der Waals surface area contributed by atoms with E-state index < -0.39 is 0 Å². The molecule has 0 aromatic heterocycles. The van der Waals surface area contributed by atoms with Crippen LogP contribution in [-0.2, 0) is 9.59 Å². The first-order valence-corrected chi connectivity index (χ1v) is 10.2. The molecule has 0 spiro atoms. The largest absolute Gasteiger partial charge is 0.482 e. The molecular weight excluding hydrogens is 415 g/mol. The molecule has 2 aromatic rings. The second kappa shape index (κ2) is 9.85. The first-order valence-electron chi connectivity index (χ1n) is 9.43. The Morgan fingerprint density at radius 3 is 2.79 bits per heavy atom. The van der Waals surface area contributed by atoms with Crippen LogP contribution in [0.15, 0.2) is 36.4 Å². The SMILES string of the molecule is CCCCCN1C(=O)COc2ccc(NC(=O)COc3ccc(Cl)cc3Cl)cc21. The standard InChI is InChI=1S/C21H22Cl2N2O4/c1-2-3-4-9-25-17-11-15(6-8-19(17)29-13-21(25)27)24-20(26)12-28-18-7-5-14(22)10-16(18)23/h5-8,10-11H,2-4,9,12-13H2,1H3,(H,24,26). The number of unbranched alkanes of at least 4 members (excludes halogenated alkanes) is 2. The van der Waals surface area contributed by atoms with Gasteiger partial charge in [0.05, 0.1) is 10.7 Å². The molecule has 29 heavy (non-hydrogen) atoms. The van der Waals surface area contributed by atoms with Crippen molar-refractivity contribution < 1.29 is 19.1 Å². The first kappa shape index (κ1) is 21.3. The molecule has 1 aliphatic heterocycles. The number of anilines is 2. The molecule has 154 valence electrons. The molecule has 2 aromatic carbocycles. The van der Waals surface area contributed by atoms with E-state index in [1.807, 2.05) is 0 Å². The van der Waals surface area contributed by atoms with E-state index in [1.165, 1.54) is 0 Å². The predicted octanol–water partition coefficient (Wildman–Crippen LogP) is 4.93. The van der Waals surface area contributed by atoms with Crippen LogP contribution in [0.25, 0.3) is 0 Å². The minimum Gasteiger partial charge on any atom is -0.482 e. The normalized spacial score (nSPS) is 12.9. The van der Waals surface area contributed by atoms with Crippen molar-refractivity contribution in [3.8, 4) is 11.5 Å². The fourth-order valence-electron chi connectivity index (χ4n) is 2.98. The van der Waals surface area contributed by atoms with E-state index in [-0.39, 0.29) is 25.0 Å². The number of amides is 2. The molecule has 0 saturated heterocycles. The van der Waals surface area contributed by atoms with Gasteiger partial charge in [-0.1, -0.05) is 43.0 Å². The minimum absolute atomic E-state index is 0.0283. The number of nitrogens with one attached hydrogen (secondary N) is 1. The highest BCUT2D eigenvalue weighted by Crippen LogP contribution is 2.35. The summed E-state index contributed by atoms with van der Waals surface area (Å²) in [7, 11) is 0. The summed E-state index contributed by atoms with van der Waals surface area (Å²) in [4.78, 5) is 26.3. The Bertz CT molecular complexity index is 904. The van der Waals surface area contributed by atoms with Gasteiger partial charge < -0.3 is 19.7 Å². The maximum Gasteiger partial charge on any atom is 0.265 e. The quantitative estimate of drug-likeness (QED) is 0.595. The van der Waals surface area contributed by atoms with Crippen molar-refractivity contribution in [1.82, 2.24) is 0 Å². The van der Waals surface area contributed by atoms with E-state index in [1.54, 1.807) is 41.3 Å². The van der Waals surface area contributed by atoms with Gasteiger partial charge in [0.15, 0.2) is 13.2 Å². The van der Waals surface area contributed by atoms with E-state index in [9.17, 15) is 9.59 Å². The molecule has 0 bridgehead atoms. The molecule has 8 heteroatoms. The van der Waals surface area contributed by atoms with Crippen LogP contribution < -0.4 is 19.7 Å². The van der Waals surface area contributed by atoms with Crippen LogP contribution in [0.2, 0.25) is 10.0 Å². The number of ether oxygens (including phenoxy) is 2. The number of fused-ring (bicyclic) bond motifs is 1. The van der Waals surface area contributed by atoms with Crippen LogP contribution >= 0.6 is 23.2 Å². The van der Waals surface area contributed by atoms with Gasteiger partial charge in [0.2, 0.25) is 0 Å². The van der Waals surface area contributed by atoms with Crippen LogP contribution in [0.5, 0.6) is 11.5 Å². The van der Waals surface area contributed by atoms with Gasteiger partial charge in [0.1, 0.15) is 11.5 Å². The number of benzene rings is 2. The molecular formula is C21H22Cl2N2O4. The van der Waals surface area contributed by atoms with Crippen LogP contribution in [0.1, 0.15) is 26.2 Å².